The fourth-order valence-electron chi connectivity index (χ4n) is 2.88. The number of non-ortho nitro benzene ring substituents is 1. The first kappa shape index (κ1) is 24.8. The van der Waals surface area contributed by atoms with Crippen molar-refractivity contribution in [2.45, 2.75) is 33.2 Å². The number of aryl methyl sites for hydroxylation is 1. The van der Waals surface area contributed by atoms with Gasteiger partial charge < -0.3 is 10.6 Å². The van der Waals surface area contributed by atoms with Crippen LogP contribution in [-0.4, -0.2) is 44.0 Å². The molecule has 0 aliphatic carbocycles. The monoisotopic (exact) mass is 462 g/mol. The smallest absolute Gasteiger partial charge is 0.271 e. The Morgan fingerprint density at radius 1 is 1.19 bits per heavy atom. The van der Waals surface area contributed by atoms with Crippen LogP contribution in [0.1, 0.15) is 36.2 Å². The molecule has 0 saturated heterocycles. The van der Waals surface area contributed by atoms with Crippen molar-refractivity contribution in [2.75, 3.05) is 22.4 Å². The molecule has 0 saturated carbocycles. The summed E-state index contributed by atoms with van der Waals surface area (Å²) in [5.41, 5.74) is 0.634. The molecule has 1 atom stereocenters. The highest BCUT2D eigenvalue weighted by molar-refractivity contribution is 7.92. The summed E-state index contributed by atoms with van der Waals surface area (Å²) < 4.78 is 25.6. The normalized spacial score (nSPS) is 12.0. The minimum atomic E-state index is -3.95. The van der Waals surface area contributed by atoms with E-state index in [1.54, 1.807) is 25.1 Å². The molecule has 0 radical (unpaired) electrons. The van der Waals surface area contributed by atoms with Gasteiger partial charge in [0.25, 0.3) is 11.6 Å². The Kier molecular flexibility index (Phi) is 7.92. The average molecular weight is 463 g/mol. The lowest BCUT2D eigenvalue weighted by Crippen LogP contribution is -2.38. The van der Waals surface area contributed by atoms with Gasteiger partial charge in [0.15, 0.2) is 0 Å². The third-order valence-corrected chi connectivity index (χ3v) is 5.92. The zero-order chi connectivity index (χ0) is 24.1. The molecule has 0 bridgehead atoms. The van der Waals surface area contributed by atoms with Crippen LogP contribution in [-0.2, 0) is 14.8 Å². The van der Waals surface area contributed by atoms with Crippen LogP contribution >= 0.6 is 0 Å². The van der Waals surface area contributed by atoms with E-state index in [1.807, 2.05) is 13.8 Å². The number of amides is 2. The number of sulfonamides is 1. The maximum absolute atomic E-state index is 12.7. The predicted octanol–water partition coefficient (Wildman–Crippen LogP) is 2.84. The van der Waals surface area contributed by atoms with Crippen LogP contribution in [0, 0.1) is 17.0 Å². The first-order chi connectivity index (χ1) is 14.9. The minimum Gasteiger partial charge on any atom is -0.350 e. The molecule has 0 heterocycles. The van der Waals surface area contributed by atoms with E-state index in [1.165, 1.54) is 18.2 Å². The van der Waals surface area contributed by atoms with Crippen LogP contribution in [0.5, 0.6) is 0 Å². The molecule has 0 aliphatic rings. The van der Waals surface area contributed by atoms with Crippen molar-refractivity contribution >= 4 is 38.9 Å². The Morgan fingerprint density at radius 3 is 2.44 bits per heavy atom. The molecule has 0 aromatic heterocycles. The molecular formula is C21H26N4O6S. The van der Waals surface area contributed by atoms with Crippen molar-refractivity contribution in [2.24, 2.45) is 0 Å². The lowest BCUT2D eigenvalue weighted by molar-refractivity contribution is -0.384. The highest BCUT2D eigenvalue weighted by atomic mass is 32.2. The number of nitrogens with zero attached hydrogens (tertiary/aromatic N) is 2. The molecule has 0 spiro atoms. The fraction of sp³-hybridized carbons (Fsp3) is 0.333. The van der Waals surface area contributed by atoms with Gasteiger partial charge in [0, 0.05) is 18.2 Å². The molecule has 2 rings (SSSR count). The second-order valence-corrected chi connectivity index (χ2v) is 9.28. The zero-order valence-corrected chi connectivity index (χ0v) is 19.1. The second-order valence-electron chi connectivity index (χ2n) is 7.37. The number of hydrogen-bond acceptors (Lipinski definition) is 6. The van der Waals surface area contributed by atoms with Crippen molar-refractivity contribution in [1.82, 2.24) is 5.32 Å². The highest BCUT2D eigenvalue weighted by Crippen LogP contribution is 2.27. The number of anilines is 2. The SMILES string of the molecule is CC[C@H](C)NC(=O)c1ccccc1NC(=O)CN(c1cc([N+](=O)[O-])ccc1C)S(C)(=O)=O. The summed E-state index contributed by atoms with van der Waals surface area (Å²) in [6.07, 6.45) is 1.64. The Balaban J connectivity index is 2.32. The Bertz CT molecular complexity index is 1130. The summed E-state index contributed by atoms with van der Waals surface area (Å²) in [6, 6.07) is 10.1. The van der Waals surface area contributed by atoms with E-state index in [-0.39, 0.29) is 34.6 Å². The van der Waals surface area contributed by atoms with Crippen molar-refractivity contribution < 1.29 is 22.9 Å². The molecule has 2 N–H and O–H groups in total. The molecule has 32 heavy (non-hydrogen) atoms. The number of carbonyl (C=O) groups is 2. The molecule has 172 valence electrons. The topological polar surface area (TPSA) is 139 Å². The van der Waals surface area contributed by atoms with Gasteiger partial charge >= 0.3 is 0 Å². The number of nitro benzene ring substituents is 1. The molecule has 2 aromatic carbocycles. The van der Waals surface area contributed by atoms with Gasteiger partial charge in [0.1, 0.15) is 6.54 Å². The summed E-state index contributed by atoms with van der Waals surface area (Å²) in [5.74, 6) is -1.07. The number of carbonyl (C=O) groups excluding carboxylic acids is 2. The van der Waals surface area contributed by atoms with Gasteiger partial charge in [-0.15, -0.1) is 0 Å². The van der Waals surface area contributed by atoms with Gasteiger partial charge in [-0.1, -0.05) is 25.1 Å². The van der Waals surface area contributed by atoms with E-state index in [4.69, 9.17) is 0 Å². The average Bonchev–Trinajstić information content (AvgIpc) is 2.71. The second kappa shape index (κ2) is 10.2. The van der Waals surface area contributed by atoms with Crippen LogP contribution < -0.4 is 14.9 Å². The van der Waals surface area contributed by atoms with Crippen molar-refractivity contribution in [1.29, 1.82) is 0 Å². The quantitative estimate of drug-likeness (QED) is 0.434. The fourth-order valence-corrected chi connectivity index (χ4v) is 3.78. The molecular weight excluding hydrogens is 436 g/mol. The van der Waals surface area contributed by atoms with Gasteiger partial charge in [-0.2, -0.15) is 0 Å². The summed E-state index contributed by atoms with van der Waals surface area (Å²) in [4.78, 5) is 35.8. The van der Waals surface area contributed by atoms with Gasteiger partial charge in [-0.3, -0.25) is 24.0 Å². The Labute approximate surface area is 186 Å². The van der Waals surface area contributed by atoms with E-state index < -0.39 is 27.4 Å². The minimum absolute atomic E-state index is 0.0275. The van der Waals surface area contributed by atoms with Gasteiger partial charge in [0.05, 0.1) is 28.1 Å². The van der Waals surface area contributed by atoms with Crippen LogP contribution in [0.25, 0.3) is 0 Å². The Hall–Kier alpha value is -3.47. The number of para-hydroxylation sites is 1. The molecule has 0 aliphatic heterocycles. The van der Waals surface area contributed by atoms with E-state index >= 15 is 0 Å². The lowest BCUT2D eigenvalue weighted by Gasteiger charge is -2.23. The van der Waals surface area contributed by atoms with Crippen molar-refractivity contribution in [3.63, 3.8) is 0 Å². The molecule has 0 fully saturated rings. The number of hydrogen-bond donors (Lipinski definition) is 2. The largest absolute Gasteiger partial charge is 0.350 e. The van der Waals surface area contributed by atoms with Gasteiger partial charge in [-0.05, 0) is 38.0 Å². The van der Waals surface area contributed by atoms with Gasteiger partial charge in [-0.25, -0.2) is 8.42 Å². The van der Waals surface area contributed by atoms with E-state index in [0.29, 0.717) is 5.56 Å². The van der Waals surface area contributed by atoms with Crippen LogP contribution in [0.2, 0.25) is 0 Å². The number of nitrogens with one attached hydrogen (secondary N) is 2. The van der Waals surface area contributed by atoms with Crippen LogP contribution in [0.15, 0.2) is 42.5 Å². The number of nitro groups is 1. The zero-order valence-electron chi connectivity index (χ0n) is 18.3. The first-order valence-electron chi connectivity index (χ1n) is 9.86. The first-order valence-corrected chi connectivity index (χ1v) is 11.7. The van der Waals surface area contributed by atoms with E-state index in [0.717, 1.165) is 23.0 Å². The van der Waals surface area contributed by atoms with Gasteiger partial charge in [0.2, 0.25) is 15.9 Å². The van der Waals surface area contributed by atoms with E-state index in [9.17, 15) is 28.1 Å². The maximum atomic E-state index is 12.7. The summed E-state index contributed by atoms with van der Waals surface area (Å²) in [7, 11) is -3.95. The highest BCUT2D eigenvalue weighted by Gasteiger charge is 2.25. The third-order valence-electron chi connectivity index (χ3n) is 4.80. The standard InChI is InChI=1S/C21H26N4O6S/c1-5-15(3)22-21(27)17-8-6-7-9-18(17)23-20(26)13-24(32(4,30)31)19-12-16(25(28)29)11-10-14(19)2/h6-12,15H,5,13H2,1-4H3,(H,22,27)(H,23,26)/t15-/m0/s1. The lowest BCUT2D eigenvalue weighted by atomic mass is 10.1. The summed E-state index contributed by atoms with van der Waals surface area (Å²) in [5, 5.41) is 16.5. The third kappa shape index (κ3) is 6.27. The van der Waals surface area contributed by atoms with E-state index in [2.05, 4.69) is 10.6 Å². The summed E-state index contributed by atoms with van der Waals surface area (Å²) in [6.45, 7) is 4.74. The van der Waals surface area contributed by atoms with Crippen molar-refractivity contribution in [3.8, 4) is 0 Å². The molecule has 0 unspecified atom stereocenters. The van der Waals surface area contributed by atoms with Crippen LogP contribution in [0.3, 0.4) is 0 Å². The molecule has 2 aromatic rings. The maximum Gasteiger partial charge on any atom is 0.271 e. The molecule has 11 heteroatoms. The Morgan fingerprint density at radius 2 is 1.84 bits per heavy atom. The van der Waals surface area contributed by atoms with Crippen molar-refractivity contribution in [3.05, 3.63) is 63.7 Å². The number of rotatable bonds is 9. The molecule has 2 amide bonds. The van der Waals surface area contributed by atoms with Crippen LogP contribution in [0.4, 0.5) is 17.1 Å². The molecule has 10 nitrogen and oxygen atoms in total. The summed E-state index contributed by atoms with van der Waals surface area (Å²) >= 11 is 0. The predicted molar refractivity (Wildman–Crippen MR) is 122 cm³/mol. The number of benzene rings is 2.